The smallest absolute Gasteiger partial charge is 0.131 e. The van der Waals surface area contributed by atoms with Crippen LogP contribution in [-0.4, -0.2) is 13.3 Å². The molecule has 46 valence electrons. The van der Waals surface area contributed by atoms with Gasteiger partial charge in [-0.15, -0.1) is 0 Å². The summed E-state index contributed by atoms with van der Waals surface area (Å²) < 4.78 is 26.1. The van der Waals surface area contributed by atoms with Gasteiger partial charge in [0.15, 0.2) is 0 Å². The average molecular weight is 135 g/mol. The van der Waals surface area contributed by atoms with Crippen LogP contribution in [0.4, 0.5) is 0 Å². The first-order valence-corrected chi connectivity index (χ1v) is 3.25. The Kier molecular flexibility index (Phi) is 1.87. The molecular weight excluding hydrogens is 130 g/mol. The molecule has 0 unspecified atom stereocenters. The summed E-state index contributed by atoms with van der Waals surface area (Å²) in [6.07, 6.45) is 0. The van der Waals surface area contributed by atoms with Gasteiger partial charge in [-0.2, -0.15) is 5.26 Å². The quantitative estimate of drug-likeness (QED) is 0.349. The molecule has 8 heavy (non-hydrogen) atoms. The molecule has 5 heteroatoms. The van der Waals surface area contributed by atoms with Gasteiger partial charge in [0, 0.05) is 0 Å². The Morgan fingerprint density at radius 2 is 2.12 bits per heavy atom. The molecule has 0 heterocycles. The lowest BCUT2D eigenvalue weighted by atomic mass is 10.7. The molecule has 0 radical (unpaired) electrons. The summed E-state index contributed by atoms with van der Waals surface area (Å²) in [6.45, 7) is 2.82. The Morgan fingerprint density at radius 1 is 1.75 bits per heavy atom. The van der Waals surface area contributed by atoms with Crippen molar-refractivity contribution in [3.05, 3.63) is 11.5 Å². The van der Waals surface area contributed by atoms with Crippen molar-refractivity contribution in [2.45, 2.75) is 0 Å². The normalized spacial score (nSPS) is 12.1. The van der Waals surface area contributed by atoms with Gasteiger partial charge >= 0.3 is 0 Å². The lowest BCUT2D eigenvalue weighted by Gasteiger charge is -2.03. The van der Waals surface area contributed by atoms with Crippen LogP contribution in [0.15, 0.2) is 11.5 Å². The minimum Gasteiger partial charge on any atom is -0.306 e. The van der Waals surface area contributed by atoms with Crippen molar-refractivity contribution in [2.24, 2.45) is 0 Å². The van der Waals surface area contributed by atoms with E-state index in [1.807, 2.05) is 0 Å². The van der Waals surface area contributed by atoms with Gasteiger partial charge in [0.25, 0.3) is 0 Å². The van der Waals surface area contributed by atoms with E-state index in [4.69, 9.17) is 14.4 Å². The molecule has 0 saturated carbocycles. The van der Waals surface area contributed by atoms with Gasteiger partial charge in [0.1, 0.15) is 21.5 Å². The molecular formula is C3H5NO3S. The predicted octanol–water partition coefficient (Wildman–Crippen LogP) is -0.0136. The van der Waals surface area contributed by atoms with Gasteiger partial charge in [-0.25, -0.2) is 4.21 Å². The number of allylic oxidation sites excluding steroid dienone is 1. The van der Waals surface area contributed by atoms with Gasteiger partial charge in [-0.05, 0) is 0 Å². The van der Waals surface area contributed by atoms with Crippen molar-refractivity contribution < 1.29 is 13.3 Å². The van der Waals surface area contributed by atoms with Crippen LogP contribution in [0.2, 0.25) is 0 Å². The van der Waals surface area contributed by atoms with Crippen LogP contribution in [-0.2, 0) is 10.5 Å². The fourth-order valence-corrected chi connectivity index (χ4v) is 0.195. The number of rotatable bonds is 1. The number of hydrogen-bond acceptors (Lipinski definition) is 2. The van der Waals surface area contributed by atoms with Gasteiger partial charge in [-0.3, -0.25) is 0 Å². The first-order chi connectivity index (χ1) is 3.48. The number of hydrogen-bond donors (Lipinski definition) is 3. The Bertz CT molecular complexity index is 185. The highest BCUT2D eigenvalue weighted by Gasteiger charge is 2.06. The van der Waals surface area contributed by atoms with Gasteiger partial charge in [0.05, 0.1) is 0 Å². The van der Waals surface area contributed by atoms with E-state index >= 15 is 0 Å². The van der Waals surface area contributed by atoms with Crippen molar-refractivity contribution >= 4 is 10.5 Å². The second kappa shape index (κ2) is 2.05. The minimum atomic E-state index is -4.31. The molecule has 0 bridgehead atoms. The third-order valence-corrected chi connectivity index (χ3v) is 1.28. The van der Waals surface area contributed by atoms with E-state index in [2.05, 4.69) is 6.58 Å². The Labute approximate surface area is 47.5 Å². The van der Waals surface area contributed by atoms with Crippen LogP contribution in [0.3, 0.4) is 0 Å². The first kappa shape index (κ1) is 7.30. The predicted molar refractivity (Wildman–Crippen MR) is 29.5 cm³/mol. The molecule has 0 aliphatic rings. The summed E-state index contributed by atoms with van der Waals surface area (Å²) in [4.78, 5) is -0.697. The molecule has 0 saturated heterocycles. The highest BCUT2D eigenvalue weighted by molar-refractivity contribution is 7.96. The fraction of sp³-hybridized carbons (Fsp3) is 0. The number of nitriles is 1. The molecule has 0 spiro atoms. The lowest BCUT2D eigenvalue weighted by molar-refractivity contribution is 0.434. The summed E-state index contributed by atoms with van der Waals surface area (Å²) in [5, 5.41) is 7.83. The van der Waals surface area contributed by atoms with E-state index in [9.17, 15) is 4.21 Å². The van der Waals surface area contributed by atoms with Crippen molar-refractivity contribution in [1.29, 1.82) is 5.26 Å². The van der Waals surface area contributed by atoms with Crippen molar-refractivity contribution in [3.8, 4) is 6.07 Å². The zero-order valence-electron chi connectivity index (χ0n) is 3.90. The summed E-state index contributed by atoms with van der Waals surface area (Å²) >= 11 is 0. The molecule has 0 fully saturated rings. The van der Waals surface area contributed by atoms with Crippen LogP contribution < -0.4 is 0 Å². The van der Waals surface area contributed by atoms with Crippen LogP contribution in [0.1, 0.15) is 0 Å². The van der Waals surface area contributed by atoms with E-state index in [1.165, 1.54) is 6.07 Å². The molecule has 0 aromatic carbocycles. The fourth-order valence-electron chi connectivity index (χ4n) is 0.0651. The van der Waals surface area contributed by atoms with Gasteiger partial charge in [0.2, 0.25) is 0 Å². The molecule has 0 aromatic rings. The maximum atomic E-state index is 9.93. The summed E-state index contributed by atoms with van der Waals surface area (Å²) in [5.74, 6) is 0. The topological polar surface area (TPSA) is 81.3 Å². The van der Waals surface area contributed by atoms with Crippen LogP contribution in [0.5, 0.6) is 0 Å². The van der Waals surface area contributed by atoms with E-state index < -0.39 is 15.4 Å². The zero-order chi connectivity index (χ0) is 6.78. The number of nitrogens with zero attached hydrogens (tertiary/aromatic N) is 1. The third-order valence-electron chi connectivity index (χ3n) is 0.481. The summed E-state index contributed by atoms with van der Waals surface area (Å²) in [7, 11) is -4.31. The van der Waals surface area contributed by atoms with Crippen LogP contribution in [0.25, 0.3) is 0 Å². The number of thiol groups is 1. The summed E-state index contributed by atoms with van der Waals surface area (Å²) in [5.41, 5.74) is 0. The van der Waals surface area contributed by atoms with E-state index in [-0.39, 0.29) is 0 Å². The van der Waals surface area contributed by atoms with E-state index in [0.29, 0.717) is 0 Å². The summed E-state index contributed by atoms with van der Waals surface area (Å²) in [6, 6.07) is 1.25. The Hall–Kier alpha value is -0.700. The average Bonchev–Trinajstić information content (AvgIpc) is 1.62. The maximum Gasteiger partial charge on any atom is 0.131 e. The molecule has 0 aliphatic carbocycles. The second-order valence-electron chi connectivity index (χ2n) is 1.10. The van der Waals surface area contributed by atoms with Gasteiger partial charge < -0.3 is 9.11 Å². The van der Waals surface area contributed by atoms with Gasteiger partial charge in [-0.1, -0.05) is 6.58 Å². The Balaban J connectivity index is 4.34. The monoisotopic (exact) mass is 135 g/mol. The SMILES string of the molecule is C=C(C#N)[SH](=O)(O)O. The van der Waals surface area contributed by atoms with E-state index in [1.54, 1.807) is 0 Å². The highest BCUT2D eigenvalue weighted by atomic mass is 32.3. The second-order valence-corrected chi connectivity index (χ2v) is 2.73. The van der Waals surface area contributed by atoms with Crippen LogP contribution in [0, 0.1) is 11.3 Å². The first-order valence-electron chi connectivity index (χ1n) is 1.63. The zero-order valence-corrected chi connectivity index (χ0v) is 4.80. The van der Waals surface area contributed by atoms with E-state index in [0.717, 1.165) is 0 Å². The molecule has 0 aromatic heterocycles. The maximum absolute atomic E-state index is 9.93. The highest BCUT2D eigenvalue weighted by Crippen LogP contribution is 2.02. The van der Waals surface area contributed by atoms with Crippen LogP contribution >= 0.6 is 0 Å². The Morgan fingerprint density at radius 3 is 2.12 bits per heavy atom. The van der Waals surface area contributed by atoms with Crippen molar-refractivity contribution in [1.82, 2.24) is 0 Å². The standard InChI is InChI=1S/C3H5NO3S/c1-3(2-4)8(5,6)7/h8H,1H2,(H2,5,6,7). The molecule has 0 aliphatic heterocycles. The third kappa shape index (κ3) is 1.84. The van der Waals surface area contributed by atoms with Crippen molar-refractivity contribution in [3.63, 3.8) is 0 Å². The molecule has 2 N–H and O–H groups in total. The molecule has 0 atom stereocenters. The largest absolute Gasteiger partial charge is 0.306 e. The van der Waals surface area contributed by atoms with Crippen molar-refractivity contribution in [2.75, 3.05) is 0 Å². The molecule has 4 nitrogen and oxygen atoms in total. The molecule has 0 rings (SSSR count). The minimum absolute atomic E-state index is 0.697. The molecule has 0 amide bonds. The lowest BCUT2D eigenvalue weighted by Crippen LogP contribution is -2.08.